The molecule has 0 radical (unpaired) electrons. The normalized spacial score (nSPS) is 12.2. The lowest BCUT2D eigenvalue weighted by atomic mass is 10.1. The van der Waals surface area contributed by atoms with Crippen molar-refractivity contribution in [3.05, 3.63) is 58.1 Å². The molecule has 0 aliphatic carbocycles. The second-order valence-electron chi connectivity index (χ2n) is 5.83. The number of hydrogen-bond donors (Lipinski definition) is 2. The van der Waals surface area contributed by atoms with Crippen molar-refractivity contribution in [2.75, 3.05) is 13.7 Å². The molecule has 1 atom stereocenters. The Labute approximate surface area is 151 Å². The molecule has 2 aromatic rings. The molecule has 4 nitrogen and oxygen atoms in total. The molecule has 0 fully saturated rings. The topological polar surface area (TPSA) is 50.7 Å². The van der Waals surface area contributed by atoms with Gasteiger partial charge in [-0.1, -0.05) is 30.3 Å². The average molecular weight is 394 g/mol. The molecule has 0 saturated heterocycles. The maximum Gasteiger partial charge on any atom is 0.175 e. The van der Waals surface area contributed by atoms with E-state index in [0.717, 1.165) is 15.6 Å². The van der Waals surface area contributed by atoms with Crippen LogP contribution in [0.4, 0.5) is 0 Å². The van der Waals surface area contributed by atoms with Crippen LogP contribution in [0.15, 0.2) is 46.9 Å². The Balaban J connectivity index is 1.99. The molecular formula is C19H24BrNO3. The largest absolute Gasteiger partial charge is 0.493 e. The Hall–Kier alpha value is -1.56. The first-order chi connectivity index (χ1) is 11.5. The highest BCUT2D eigenvalue weighted by Crippen LogP contribution is 2.37. The van der Waals surface area contributed by atoms with Crippen LogP contribution in [0.2, 0.25) is 0 Å². The lowest BCUT2D eigenvalue weighted by Gasteiger charge is -2.17. The van der Waals surface area contributed by atoms with Gasteiger partial charge in [0.15, 0.2) is 11.5 Å². The first kappa shape index (κ1) is 18.8. The van der Waals surface area contributed by atoms with Gasteiger partial charge in [0.25, 0.3) is 0 Å². The van der Waals surface area contributed by atoms with E-state index in [4.69, 9.17) is 9.47 Å². The lowest BCUT2D eigenvalue weighted by molar-refractivity contribution is 0.174. The molecule has 0 heterocycles. The Bertz CT molecular complexity index is 647. The molecule has 0 saturated carbocycles. The summed E-state index contributed by atoms with van der Waals surface area (Å²) in [6.45, 7) is 5.06. The van der Waals surface area contributed by atoms with E-state index in [0.29, 0.717) is 24.6 Å². The van der Waals surface area contributed by atoms with Gasteiger partial charge in [-0.3, -0.25) is 0 Å². The van der Waals surface area contributed by atoms with E-state index in [2.05, 4.69) is 21.2 Å². The number of benzene rings is 2. The fraction of sp³-hybridized carbons (Fsp3) is 0.368. The average Bonchev–Trinajstić information content (AvgIpc) is 2.57. The third-order valence-corrected chi connectivity index (χ3v) is 4.08. The molecule has 2 rings (SSSR count). The summed E-state index contributed by atoms with van der Waals surface area (Å²) in [7, 11) is 1.63. The second kappa shape index (κ2) is 9.06. The van der Waals surface area contributed by atoms with Gasteiger partial charge in [0.2, 0.25) is 0 Å². The molecule has 0 aromatic heterocycles. The standard InChI is InChI=1S/C19H24BrNO3/c1-13(2)24-19-16(20)9-14(10-18(19)23-3)11-21-12-17(22)15-7-5-4-6-8-15/h4-10,13,17,21-22H,11-12H2,1-3H3. The van der Waals surface area contributed by atoms with Crippen molar-refractivity contribution in [2.45, 2.75) is 32.6 Å². The number of halogens is 1. The highest BCUT2D eigenvalue weighted by molar-refractivity contribution is 9.10. The van der Waals surface area contributed by atoms with Gasteiger partial charge in [-0.2, -0.15) is 0 Å². The van der Waals surface area contributed by atoms with Crippen LogP contribution < -0.4 is 14.8 Å². The Morgan fingerprint density at radius 1 is 1.17 bits per heavy atom. The number of aliphatic hydroxyl groups excluding tert-OH is 1. The van der Waals surface area contributed by atoms with Crippen molar-refractivity contribution in [1.82, 2.24) is 5.32 Å². The van der Waals surface area contributed by atoms with E-state index in [-0.39, 0.29) is 6.10 Å². The Kier molecular flexibility index (Phi) is 7.09. The van der Waals surface area contributed by atoms with Crippen LogP contribution in [0.5, 0.6) is 11.5 Å². The molecule has 0 aliphatic heterocycles. The van der Waals surface area contributed by atoms with Crippen LogP contribution in [0.1, 0.15) is 31.1 Å². The quantitative estimate of drug-likeness (QED) is 0.709. The van der Waals surface area contributed by atoms with Gasteiger partial charge in [-0.15, -0.1) is 0 Å². The van der Waals surface area contributed by atoms with E-state index in [9.17, 15) is 5.11 Å². The third kappa shape index (κ3) is 5.23. The molecule has 0 spiro atoms. The zero-order valence-corrected chi connectivity index (χ0v) is 15.8. The molecule has 24 heavy (non-hydrogen) atoms. The van der Waals surface area contributed by atoms with Crippen molar-refractivity contribution in [1.29, 1.82) is 0 Å². The molecular weight excluding hydrogens is 370 g/mol. The van der Waals surface area contributed by atoms with Crippen LogP contribution in [0.3, 0.4) is 0 Å². The minimum Gasteiger partial charge on any atom is -0.493 e. The van der Waals surface area contributed by atoms with Crippen molar-refractivity contribution in [3.63, 3.8) is 0 Å². The predicted molar refractivity (Wildman–Crippen MR) is 99.6 cm³/mol. The number of methoxy groups -OCH3 is 1. The number of ether oxygens (including phenoxy) is 2. The summed E-state index contributed by atoms with van der Waals surface area (Å²) in [6.07, 6.45) is -0.458. The summed E-state index contributed by atoms with van der Waals surface area (Å²) in [5.74, 6) is 1.40. The molecule has 5 heteroatoms. The second-order valence-corrected chi connectivity index (χ2v) is 6.69. The Morgan fingerprint density at radius 3 is 2.50 bits per heavy atom. The fourth-order valence-corrected chi connectivity index (χ4v) is 2.95. The van der Waals surface area contributed by atoms with Gasteiger partial charge in [-0.25, -0.2) is 0 Å². The fourth-order valence-electron chi connectivity index (χ4n) is 2.37. The van der Waals surface area contributed by atoms with Crippen LogP contribution in [-0.4, -0.2) is 24.9 Å². The van der Waals surface area contributed by atoms with E-state index in [1.54, 1.807) is 7.11 Å². The van der Waals surface area contributed by atoms with Gasteiger partial charge in [0.1, 0.15) is 0 Å². The van der Waals surface area contributed by atoms with Gasteiger partial charge in [0, 0.05) is 13.1 Å². The summed E-state index contributed by atoms with van der Waals surface area (Å²) in [6, 6.07) is 13.6. The summed E-state index contributed by atoms with van der Waals surface area (Å²) < 4.78 is 12.1. The van der Waals surface area contributed by atoms with E-state index >= 15 is 0 Å². The lowest BCUT2D eigenvalue weighted by Crippen LogP contribution is -2.21. The third-order valence-electron chi connectivity index (χ3n) is 3.49. The van der Waals surface area contributed by atoms with Gasteiger partial charge >= 0.3 is 0 Å². The van der Waals surface area contributed by atoms with E-state index in [1.165, 1.54) is 0 Å². The molecule has 1 unspecified atom stereocenters. The van der Waals surface area contributed by atoms with E-state index in [1.807, 2.05) is 56.3 Å². The maximum absolute atomic E-state index is 10.2. The van der Waals surface area contributed by atoms with Crippen molar-refractivity contribution in [3.8, 4) is 11.5 Å². The van der Waals surface area contributed by atoms with Crippen molar-refractivity contribution >= 4 is 15.9 Å². The van der Waals surface area contributed by atoms with Crippen molar-refractivity contribution < 1.29 is 14.6 Å². The molecule has 0 aliphatic rings. The highest BCUT2D eigenvalue weighted by Gasteiger charge is 2.13. The zero-order chi connectivity index (χ0) is 17.5. The van der Waals surface area contributed by atoms with Gasteiger partial charge in [0.05, 0.1) is 23.8 Å². The van der Waals surface area contributed by atoms with Crippen molar-refractivity contribution in [2.24, 2.45) is 0 Å². The van der Waals surface area contributed by atoms with Crippen LogP contribution in [0, 0.1) is 0 Å². The first-order valence-corrected chi connectivity index (χ1v) is 8.77. The number of nitrogens with one attached hydrogen (secondary N) is 1. The first-order valence-electron chi connectivity index (χ1n) is 7.98. The monoisotopic (exact) mass is 393 g/mol. The molecule has 0 bridgehead atoms. The minimum absolute atomic E-state index is 0.0696. The number of aliphatic hydroxyl groups is 1. The minimum atomic E-state index is -0.528. The highest BCUT2D eigenvalue weighted by atomic mass is 79.9. The smallest absolute Gasteiger partial charge is 0.175 e. The molecule has 130 valence electrons. The van der Waals surface area contributed by atoms with Crippen LogP contribution >= 0.6 is 15.9 Å². The van der Waals surface area contributed by atoms with Gasteiger partial charge in [-0.05, 0) is 53.0 Å². The van der Waals surface area contributed by atoms with E-state index < -0.39 is 6.10 Å². The molecule has 2 N–H and O–H groups in total. The van der Waals surface area contributed by atoms with Crippen LogP contribution in [0.25, 0.3) is 0 Å². The summed E-state index contributed by atoms with van der Waals surface area (Å²) in [4.78, 5) is 0. The summed E-state index contributed by atoms with van der Waals surface area (Å²) >= 11 is 3.54. The molecule has 0 amide bonds. The van der Waals surface area contributed by atoms with Crippen LogP contribution in [-0.2, 0) is 6.54 Å². The van der Waals surface area contributed by atoms with Gasteiger partial charge < -0.3 is 19.9 Å². The predicted octanol–water partition coefficient (Wildman–Crippen LogP) is 4.07. The molecule has 2 aromatic carbocycles. The Morgan fingerprint density at radius 2 is 1.88 bits per heavy atom. The zero-order valence-electron chi connectivity index (χ0n) is 14.3. The number of hydrogen-bond acceptors (Lipinski definition) is 4. The number of rotatable bonds is 8. The SMILES string of the molecule is COc1cc(CNCC(O)c2ccccc2)cc(Br)c1OC(C)C. The maximum atomic E-state index is 10.2. The summed E-state index contributed by atoms with van der Waals surface area (Å²) in [5, 5.41) is 13.5. The summed E-state index contributed by atoms with van der Waals surface area (Å²) in [5.41, 5.74) is 1.96.